The minimum atomic E-state index is -1.58. The average molecular weight is 272 g/mol. The number of benzene rings is 1. The van der Waals surface area contributed by atoms with Gasteiger partial charge in [0.15, 0.2) is 17.5 Å². The zero-order valence-electron chi connectivity index (χ0n) is 9.31. The molecule has 0 atom stereocenters. The first kappa shape index (κ1) is 12.9. The van der Waals surface area contributed by atoms with Gasteiger partial charge in [0, 0.05) is 0 Å². The van der Waals surface area contributed by atoms with Crippen molar-refractivity contribution in [1.29, 1.82) is 0 Å². The van der Waals surface area contributed by atoms with Gasteiger partial charge in [-0.2, -0.15) is 5.10 Å². The Morgan fingerprint density at radius 2 is 1.89 bits per heavy atom. The highest BCUT2D eigenvalue weighted by atomic mass is 19.2. The van der Waals surface area contributed by atoms with Gasteiger partial charge < -0.3 is 5.73 Å². The van der Waals surface area contributed by atoms with Crippen LogP contribution >= 0.6 is 0 Å². The number of nitrogen functional groups attached to an aromatic ring is 1. The SMILES string of the molecule is Nc1c([N+](=O)[O-])cnn1Cc1cc(F)c(F)c(F)c1. The molecule has 1 aromatic heterocycles. The quantitative estimate of drug-likeness (QED) is 0.524. The predicted octanol–water partition coefficient (Wildman–Crippen LogP) is 1.84. The first-order chi connectivity index (χ1) is 8.90. The summed E-state index contributed by atoms with van der Waals surface area (Å²) in [5.74, 6) is -4.54. The van der Waals surface area contributed by atoms with E-state index in [1.165, 1.54) is 0 Å². The Kier molecular flexibility index (Phi) is 3.11. The van der Waals surface area contributed by atoms with Crippen molar-refractivity contribution in [2.75, 3.05) is 5.73 Å². The fourth-order valence-corrected chi connectivity index (χ4v) is 1.52. The van der Waals surface area contributed by atoms with Gasteiger partial charge in [-0.05, 0) is 17.7 Å². The number of anilines is 1. The van der Waals surface area contributed by atoms with E-state index in [1.807, 2.05) is 0 Å². The van der Waals surface area contributed by atoms with Gasteiger partial charge in [-0.1, -0.05) is 0 Å². The Labute approximate surface area is 104 Å². The second kappa shape index (κ2) is 4.59. The summed E-state index contributed by atoms with van der Waals surface area (Å²) in [6, 6.07) is 1.54. The molecular weight excluding hydrogens is 265 g/mol. The van der Waals surface area contributed by atoms with Crippen molar-refractivity contribution in [3.63, 3.8) is 0 Å². The van der Waals surface area contributed by atoms with E-state index in [0.717, 1.165) is 23.0 Å². The Hall–Kier alpha value is -2.58. The van der Waals surface area contributed by atoms with Crippen molar-refractivity contribution in [3.05, 3.63) is 51.5 Å². The maximum absolute atomic E-state index is 13.0. The van der Waals surface area contributed by atoms with Gasteiger partial charge >= 0.3 is 5.69 Å². The summed E-state index contributed by atoms with van der Waals surface area (Å²) in [5, 5.41) is 14.2. The van der Waals surface area contributed by atoms with Gasteiger partial charge in [0.25, 0.3) is 0 Å². The number of aromatic nitrogens is 2. The normalized spacial score (nSPS) is 10.7. The van der Waals surface area contributed by atoms with Crippen molar-refractivity contribution in [3.8, 4) is 0 Å². The molecule has 1 heterocycles. The third-order valence-corrected chi connectivity index (χ3v) is 2.43. The van der Waals surface area contributed by atoms with Crippen LogP contribution in [0.1, 0.15) is 5.56 Å². The maximum atomic E-state index is 13.0. The Morgan fingerprint density at radius 1 is 1.32 bits per heavy atom. The van der Waals surface area contributed by atoms with E-state index in [0.29, 0.717) is 0 Å². The summed E-state index contributed by atoms with van der Waals surface area (Å²) < 4.78 is 39.7. The predicted molar refractivity (Wildman–Crippen MR) is 58.7 cm³/mol. The van der Waals surface area contributed by atoms with Gasteiger partial charge in [0.2, 0.25) is 5.82 Å². The molecule has 0 saturated carbocycles. The summed E-state index contributed by atoms with van der Waals surface area (Å²) in [7, 11) is 0. The van der Waals surface area contributed by atoms with Crippen molar-refractivity contribution in [2.24, 2.45) is 0 Å². The van der Waals surface area contributed by atoms with Crippen LogP contribution in [0.5, 0.6) is 0 Å². The molecule has 2 N–H and O–H groups in total. The van der Waals surface area contributed by atoms with E-state index < -0.39 is 28.1 Å². The van der Waals surface area contributed by atoms with Crippen molar-refractivity contribution in [2.45, 2.75) is 6.54 Å². The molecular formula is C10H7F3N4O2. The number of nitrogens with two attached hydrogens (primary N) is 1. The lowest BCUT2D eigenvalue weighted by Gasteiger charge is -2.05. The molecule has 0 bridgehead atoms. The number of nitro groups is 1. The lowest BCUT2D eigenvalue weighted by Crippen LogP contribution is -2.08. The lowest BCUT2D eigenvalue weighted by molar-refractivity contribution is -0.384. The van der Waals surface area contributed by atoms with Crippen LogP contribution in [0.25, 0.3) is 0 Å². The number of hydrogen-bond donors (Lipinski definition) is 1. The van der Waals surface area contributed by atoms with Crippen LogP contribution in [0.4, 0.5) is 24.7 Å². The standard InChI is InChI=1S/C10H7F3N4O2/c11-6-1-5(2-7(12)9(6)13)4-16-10(14)8(3-15-16)17(18)19/h1-3H,4,14H2. The van der Waals surface area contributed by atoms with Crippen molar-refractivity contribution < 1.29 is 18.1 Å². The molecule has 0 saturated heterocycles. The molecule has 9 heteroatoms. The fraction of sp³-hybridized carbons (Fsp3) is 0.100. The zero-order valence-corrected chi connectivity index (χ0v) is 9.31. The van der Waals surface area contributed by atoms with Gasteiger partial charge in [-0.3, -0.25) is 10.1 Å². The van der Waals surface area contributed by atoms with Gasteiger partial charge in [0.1, 0.15) is 6.20 Å². The minimum Gasteiger partial charge on any atom is -0.378 e. The van der Waals surface area contributed by atoms with Crippen LogP contribution in [0.15, 0.2) is 18.3 Å². The summed E-state index contributed by atoms with van der Waals surface area (Å²) in [4.78, 5) is 9.81. The molecule has 0 spiro atoms. The van der Waals surface area contributed by atoms with E-state index in [-0.39, 0.29) is 17.9 Å². The molecule has 0 radical (unpaired) electrons. The Bertz CT molecular complexity index is 633. The van der Waals surface area contributed by atoms with E-state index in [9.17, 15) is 23.3 Å². The van der Waals surface area contributed by atoms with Crippen molar-refractivity contribution in [1.82, 2.24) is 9.78 Å². The van der Waals surface area contributed by atoms with Gasteiger partial charge in [-0.25, -0.2) is 17.9 Å². The number of halogens is 3. The number of rotatable bonds is 3. The Morgan fingerprint density at radius 3 is 2.37 bits per heavy atom. The van der Waals surface area contributed by atoms with Gasteiger partial charge in [-0.15, -0.1) is 0 Å². The maximum Gasteiger partial charge on any atom is 0.330 e. The second-order valence-corrected chi connectivity index (χ2v) is 3.70. The van der Waals surface area contributed by atoms with Crippen LogP contribution < -0.4 is 5.73 Å². The molecule has 19 heavy (non-hydrogen) atoms. The monoisotopic (exact) mass is 272 g/mol. The van der Waals surface area contributed by atoms with Gasteiger partial charge in [0.05, 0.1) is 11.5 Å². The van der Waals surface area contributed by atoms with Crippen LogP contribution in [0.2, 0.25) is 0 Å². The minimum absolute atomic E-state index is 0.0427. The fourth-order valence-electron chi connectivity index (χ4n) is 1.52. The van der Waals surface area contributed by atoms with E-state index in [2.05, 4.69) is 5.10 Å². The first-order valence-corrected chi connectivity index (χ1v) is 4.99. The zero-order chi connectivity index (χ0) is 14.2. The molecule has 0 unspecified atom stereocenters. The highest BCUT2D eigenvalue weighted by Gasteiger charge is 2.18. The third-order valence-electron chi connectivity index (χ3n) is 2.43. The van der Waals surface area contributed by atoms with E-state index in [1.54, 1.807) is 0 Å². The summed E-state index contributed by atoms with van der Waals surface area (Å²) in [5.41, 5.74) is 5.08. The summed E-state index contributed by atoms with van der Waals surface area (Å²) in [6.07, 6.45) is 0.922. The van der Waals surface area contributed by atoms with Crippen LogP contribution in [-0.4, -0.2) is 14.7 Å². The largest absolute Gasteiger partial charge is 0.378 e. The number of nitrogens with zero attached hydrogens (tertiary/aromatic N) is 3. The third kappa shape index (κ3) is 2.34. The van der Waals surface area contributed by atoms with Crippen LogP contribution in [0, 0.1) is 27.6 Å². The molecule has 100 valence electrons. The Balaban J connectivity index is 2.34. The molecule has 0 aliphatic heterocycles. The van der Waals surface area contributed by atoms with Crippen LogP contribution in [0.3, 0.4) is 0 Å². The smallest absolute Gasteiger partial charge is 0.330 e. The molecule has 6 nitrogen and oxygen atoms in total. The lowest BCUT2D eigenvalue weighted by atomic mass is 10.2. The van der Waals surface area contributed by atoms with E-state index >= 15 is 0 Å². The molecule has 2 rings (SSSR count). The first-order valence-electron chi connectivity index (χ1n) is 4.99. The molecule has 0 amide bonds. The van der Waals surface area contributed by atoms with E-state index in [4.69, 9.17) is 5.73 Å². The molecule has 2 aromatic rings. The average Bonchev–Trinajstić information content (AvgIpc) is 2.68. The topological polar surface area (TPSA) is 87.0 Å². The molecule has 0 aliphatic rings. The van der Waals surface area contributed by atoms with Crippen molar-refractivity contribution >= 4 is 11.5 Å². The molecule has 0 fully saturated rings. The highest BCUT2D eigenvalue weighted by Crippen LogP contribution is 2.21. The summed E-state index contributed by atoms with van der Waals surface area (Å²) in [6.45, 7) is -0.214. The number of hydrogen-bond acceptors (Lipinski definition) is 4. The highest BCUT2D eigenvalue weighted by molar-refractivity contribution is 5.51. The summed E-state index contributed by atoms with van der Waals surface area (Å²) >= 11 is 0. The molecule has 1 aromatic carbocycles. The van der Waals surface area contributed by atoms with Crippen LogP contribution in [-0.2, 0) is 6.54 Å². The second-order valence-electron chi connectivity index (χ2n) is 3.70. The molecule has 0 aliphatic carbocycles.